The zero-order chi connectivity index (χ0) is 24.8. The number of hydrogen-bond donors (Lipinski definition) is 0. The van der Waals surface area contributed by atoms with E-state index in [1.165, 1.54) is 24.9 Å². The first-order valence-corrected chi connectivity index (χ1v) is 10.5. The number of carbonyl (C=O) groups is 1. The smallest absolute Gasteiger partial charge is 0.416 e. The van der Waals surface area contributed by atoms with Gasteiger partial charge >= 0.3 is 11.9 Å². The summed E-state index contributed by atoms with van der Waals surface area (Å²) in [5, 5.41) is -0.102. The van der Waals surface area contributed by atoms with E-state index in [-0.39, 0.29) is 16.5 Å². The maximum Gasteiger partial charge on any atom is 0.416 e. The van der Waals surface area contributed by atoms with Crippen LogP contribution in [0, 0.1) is 0 Å². The van der Waals surface area contributed by atoms with Crippen LogP contribution in [-0.2, 0) is 23.9 Å². The van der Waals surface area contributed by atoms with Crippen molar-refractivity contribution in [3.05, 3.63) is 63.0 Å². The Hall–Kier alpha value is -3.53. The number of ether oxygens (including phenoxy) is 2. The number of benzene rings is 2. The molecule has 0 N–H and O–H groups in total. The largest absolute Gasteiger partial charge is 0.493 e. The number of nitrogens with zero attached hydrogens (tertiary/aromatic N) is 3. The SMILES string of the molecule is COc1cc2c(cc1OC)-c1cc(N(C(C)=O)c3cc(C(F)(F)F)ccc3Cl)nc(=O)n1CC2. The Morgan fingerprint density at radius 1 is 1.12 bits per heavy atom. The highest BCUT2D eigenvalue weighted by molar-refractivity contribution is 6.34. The minimum absolute atomic E-state index is 0.102. The predicted octanol–water partition coefficient (Wildman–Crippen LogP) is 4.84. The Kier molecular flexibility index (Phi) is 6.03. The highest BCUT2D eigenvalue weighted by Crippen LogP contribution is 2.41. The third kappa shape index (κ3) is 4.09. The summed E-state index contributed by atoms with van der Waals surface area (Å²) in [6.45, 7) is 1.48. The number of fused-ring (bicyclic) bond motifs is 3. The number of aryl methyl sites for hydroxylation is 1. The van der Waals surface area contributed by atoms with Crippen LogP contribution >= 0.6 is 11.6 Å². The van der Waals surface area contributed by atoms with Gasteiger partial charge in [-0.05, 0) is 42.3 Å². The second-order valence-electron chi connectivity index (χ2n) is 7.57. The van der Waals surface area contributed by atoms with Crippen molar-refractivity contribution in [1.82, 2.24) is 9.55 Å². The summed E-state index contributed by atoms with van der Waals surface area (Å²) in [7, 11) is 2.99. The van der Waals surface area contributed by atoms with Crippen LogP contribution in [-0.4, -0.2) is 29.7 Å². The van der Waals surface area contributed by atoms with E-state index in [0.717, 1.165) is 35.6 Å². The number of hydrogen-bond acceptors (Lipinski definition) is 5. The Balaban J connectivity index is 1.93. The number of carbonyl (C=O) groups excluding carboxylic acids is 1. The van der Waals surface area contributed by atoms with E-state index in [1.807, 2.05) is 0 Å². The summed E-state index contributed by atoms with van der Waals surface area (Å²) in [5.41, 5.74) is 0.0944. The molecule has 1 aliphatic rings. The topological polar surface area (TPSA) is 73.7 Å². The van der Waals surface area contributed by atoms with Crippen molar-refractivity contribution in [3.8, 4) is 22.8 Å². The van der Waals surface area contributed by atoms with Gasteiger partial charge in [0.1, 0.15) is 5.82 Å². The quantitative estimate of drug-likeness (QED) is 0.520. The molecule has 0 radical (unpaired) electrons. The molecule has 0 aliphatic carbocycles. The van der Waals surface area contributed by atoms with Crippen LogP contribution < -0.4 is 20.1 Å². The van der Waals surface area contributed by atoms with Crippen LogP contribution in [0.1, 0.15) is 18.1 Å². The van der Waals surface area contributed by atoms with E-state index < -0.39 is 23.3 Å². The first-order chi connectivity index (χ1) is 16.0. The molecule has 0 saturated heterocycles. The average Bonchev–Trinajstić information content (AvgIpc) is 2.78. The molecule has 0 bridgehead atoms. The molecule has 178 valence electrons. The number of aromatic nitrogens is 2. The van der Waals surface area contributed by atoms with Gasteiger partial charge in [-0.2, -0.15) is 18.2 Å². The van der Waals surface area contributed by atoms with Gasteiger partial charge in [0, 0.05) is 25.1 Å². The molecule has 2 heterocycles. The lowest BCUT2D eigenvalue weighted by Crippen LogP contribution is -2.32. The third-order valence-electron chi connectivity index (χ3n) is 5.55. The molecule has 3 aromatic rings. The Morgan fingerprint density at radius 2 is 1.79 bits per heavy atom. The Bertz CT molecular complexity index is 1350. The van der Waals surface area contributed by atoms with Crippen molar-refractivity contribution in [2.24, 2.45) is 0 Å². The van der Waals surface area contributed by atoms with Crippen molar-refractivity contribution in [2.75, 3.05) is 19.1 Å². The van der Waals surface area contributed by atoms with E-state index in [9.17, 15) is 22.8 Å². The average molecular weight is 494 g/mol. The predicted molar refractivity (Wildman–Crippen MR) is 120 cm³/mol. The van der Waals surface area contributed by atoms with E-state index in [0.29, 0.717) is 35.7 Å². The van der Waals surface area contributed by atoms with Gasteiger partial charge in [-0.25, -0.2) is 4.79 Å². The number of halogens is 4. The molecule has 1 amide bonds. The van der Waals surface area contributed by atoms with Gasteiger partial charge in [-0.3, -0.25) is 14.3 Å². The number of anilines is 2. The minimum Gasteiger partial charge on any atom is -0.493 e. The highest BCUT2D eigenvalue weighted by Gasteiger charge is 2.33. The van der Waals surface area contributed by atoms with Crippen molar-refractivity contribution < 1.29 is 27.4 Å². The van der Waals surface area contributed by atoms with Gasteiger partial charge in [0.15, 0.2) is 11.5 Å². The maximum atomic E-state index is 13.3. The molecular weight excluding hydrogens is 475 g/mol. The molecule has 0 saturated carbocycles. The fourth-order valence-corrected chi connectivity index (χ4v) is 4.16. The summed E-state index contributed by atoms with van der Waals surface area (Å²) in [4.78, 5) is 30.3. The lowest BCUT2D eigenvalue weighted by atomic mass is 9.96. The van der Waals surface area contributed by atoms with Crippen molar-refractivity contribution in [1.29, 1.82) is 0 Å². The molecule has 0 unspecified atom stereocenters. The van der Waals surface area contributed by atoms with E-state index >= 15 is 0 Å². The summed E-state index contributed by atoms with van der Waals surface area (Å²) in [6.07, 6.45) is -4.13. The summed E-state index contributed by atoms with van der Waals surface area (Å²) in [5.74, 6) is 0.145. The van der Waals surface area contributed by atoms with Crippen LogP contribution in [0.3, 0.4) is 0 Å². The number of methoxy groups -OCH3 is 2. The van der Waals surface area contributed by atoms with Crippen LogP contribution in [0.4, 0.5) is 24.7 Å². The van der Waals surface area contributed by atoms with Gasteiger partial charge in [-0.15, -0.1) is 0 Å². The molecule has 0 fully saturated rings. The normalized spacial score (nSPS) is 12.6. The third-order valence-corrected chi connectivity index (χ3v) is 5.87. The lowest BCUT2D eigenvalue weighted by molar-refractivity contribution is -0.137. The van der Waals surface area contributed by atoms with Crippen LogP contribution in [0.15, 0.2) is 41.2 Å². The zero-order valence-corrected chi connectivity index (χ0v) is 19.1. The molecule has 4 rings (SSSR count). The Labute approximate surface area is 197 Å². The van der Waals surface area contributed by atoms with Crippen LogP contribution in [0.25, 0.3) is 11.3 Å². The molecule has 0 atom stereocenters. The summed E-state index contributed by atoms with van der Waals surface area (Å²) < 4.78 is 52.1. The number of alkyl halides is 3. The monoisotopic (exact) mass is 493 g/mol. The lowest BCUT2D eigenvalue weighted by Gasteiger charge is -2.26. The molecule has 1 aromatic heterocycles. The fraction of sp³-hybridized carbons (Fsp3) is 0.261. The molecular formula is C23H19ClF3N3O4. The molecule has 0 spiro atoms. The maximum absolute atomic E-state index is 13.3. The van der Waals surface area contributed by atoms with Crippen molar-refractivity contribution >= 4 is 29.0 Å². The van der Waals surface area contributed by atoms with Gasteiger partial charge < -0.3 is 9.47 Å². The molecule has 2 aromatic carbocycles. The minimum atomic E-state index is -4.65. The van der Waals surface area contributed by atoms with Gasteiger partial charge in [0.2, 0.25) is 5.91 Å². The second-order valence-corrected chi connectivity index (χ2v) is 7.97. The fourth-order valence-electron chi connectivity index (χ4n) is 3.96. The molecule has 11 heteroatoms. The summed E-state index contributed by atoms with van der Waals surface area (Å²) >= 11 is 6.17. The first-order valence-electron chi connectivity index (χ1n) is 10.1. The van der Waals surface area contributed by atoms with Crippen molar-refractivity contribution in [2.45, 2.75) is 26.1 Å². The van der Waals surface area contributed by atoms with Gasteiger partial charge in [0.25, 0.3) is 0 Å². The van der Waals surface area contributed by atoms with Crippen molar-refractivity contribution in [3.63, 3.8) is 0 Å². The van der Waals surface area contributed by atoms with Gasteiger partial charge in [-0.1, -0.05) is 11.6 Å². The summed E-state index contributed by atoms with van der Waals surface area (Å²) in [6, 6.07) is 7.60. The molecule has 34 heavy (non-hydrogen) atoms. The molecule has 7 nitrogen and oxygen atoms in total. The first kappa shape index (κ1) is 23.6. The van der Waals surface area contributed by atoms with E-state index in [1.54, 1.807) is 12.1 Å². The van der Waals surface area contributed by atoms with E-state index in [4.69, 9.17) is 21.1 Å². The van der Waals surface area contributed by atoms with Gasteiger partial charge in [0.05, 0.1) is 36.2 Å². The van der Waals surface area contributed by atoms with E-state index in [2.05, 4.69) is 4.98 Å². The molecule has 1 aliphatic heterocycles. The Morgan fingerprint density at radius 3 is 2.41 bits per heavy atom. The number of amides is 1. The standard InChI is InChI=1S/C23H19ClF3N3O4/c1-12(31)30(18-9-14(23(25,26)27)4-5-16(18)24)21-11-17-15-10-20(34-3)19(33-2)8-13(15)6-7-29(17)22(32)28-21/h4-5,8-11H,6-7H2,1-3H3. The second kappa shape index (κ2) is 8.68. The number of rotatable bonds is 4. The van der Waals surface area contributed by atoms with Crippen LogP contribution in [0.5, 0.6) is 11.5 Å². The zero-order valence-electron chi connectivity index (χ0n) is 18.4. The van der Waals surface area contributed by atoms with Crippen LogP contribution in [0.2, 0.25) is 5.02 Å². The highest BCUT2D eigenvalue weighted by atomic mass is 35.5.